The monoisotopic (exact) mass is 604 g/mol. The van der Waals surface area contributed by atoms with E-state index >= 15 is 0 Å². The van der Waals surface area contributed by atoms with E-state index in [9.17, 15) is 14.9 Å². The van der Waals surface area contributed by atoms with Crippen molar-refractivity contribution in [3.8, 4) is 23.3 Å². The average Bonchev–Trinajstić information content (AvgIpc) is 3.48. The number of nitrogens with zero attached hydrogens (tertiary/aromatic N) is 4. The van der Waals surface area contributed by atoms with Crippen molar-refractivity contribution < 1.29 is 23.8 Å². The normalized spacial score (nSPS) is 16.6. The van der Waals surface area contributed by atoms with Crippen molar-refractivity contribution in [3.63, 3.8) is 0 Å². The van der Waals surface area contributed by atoms with Crippen LogP contribution in [-0.4, -0.2) is 49.0 Å². The molecule has 11 nitrogen and oxygen atoms in total. The van der Waals surface area contributed by atoms with Gasteiger partial charge >= 0.3 is 0 Å². The van der Waals surface area contributed by atoms with Crippen LogP contribution in [0.4, 0.5) is 10.8 Å². The van der Waals surface area contributed by atoms with Crippen molar-refractivity contribution in [3.05, 3.63) is 70.7 Å². The van der Waals surface area contributed by atoms with Gasteiger partial charge < -0.3 is 25.3 Å². The van der Waals surface area contributed by atoms with Crippen LogP contribution in [0.1, 0.15) is 30.7 Å². The number of hydrogen-bond acceptors (Lipinski definition) is 12. The maximum absolute atomic E-state index is 13.5. The lowest BCUT2D eigenvalue weighted by atomic mass is 9.75. The molecule has 2 heterocycles. The molecule has 1 amide bonds. The highest BCUT2D eigenvalue weighted by atomic mass is 32.2. The fourth-order valence-corrected chi connectivity index (χ4v) is 6.71. The molecule has 2 aromatic carbocycles. The Bertz CT molecular complexity index is 1630. The van der Waals surface area contributed by atoms with Gasteiger partial charge in [0.25, 0.3) is 0 Å². The molecule has 1 atom stereocenters. The number of rotatable bonds is 9. The molecule has 42 heavy (non-hydrogen) atoms. The minimum atomic E-state index is -0.720. The first-order valence-electron chi connectivity index (χ1n) is 13.0. The van der Waals surface area contributed by atoms with E-state index in [1.165, 1.54) is 30.2 Å². The molecule has 13 heteroatoms. The SMILES string of the molecule is COc1ccc(NC(=O)CSc2nnc(N3C(N)=C(C#N)C(c4cc(OC)ccc4OC)C4=C3CCCC4=O)s2)cc1. The van der Waals surface area contributed by atoms with Gasteiger partial charge in [-0.3, -0.25) is 14.5 Å². The first kappa shape index (κ1) is 29.0. The Kier molecular flexibility index (Phi) is 8.65. The summed E-state index contributed by atoms with van der Waals surface area (Å²) in [6.07, 6.45) is 1.56. The first-order valence-corrected chi connectivity index (χ1v) is 14.8. The van der Waals surface area contributed by atoms with Gasteiger partial charge in [0.2, 0.25) is 11.0 Å². The predicted octanol–water partition coefficient (Wildman–Crippen LogP) is 4.60. The average molecular weight is 605 g/mol. The maximum Gasteiger partial charge on any atom is 0.234 e. The van der Waals surface area contributed by atoms with Crippen molar-refractivity contribution in [2.24, 2.45) is 5.73 Å². The Balaban J connectivity index is 1.44. The number of ketones is 1. The van der Waals surface area contributed by atoms with Crippen LogP contribution in [0.15, 0.2) is 69.5 Å². The fraction of sp³-hybridized carbons (Fsp3) is 0.276. The van der Waals surface area contributed by atoms with Crippen LogP contribution >= 0.6 is 23.1 Å². The number of carbonyl (C=O) groups excluding carboxylic acids is 2. The van der Waals surface area contributed by atoms with Crippen LogP contribution in [0.5, 0.6) is 17.2 Å². The Labute approximate surface area is 251 Å². The van der Waals surface area contributed by atoms with Crippen LogP contribution in [0.3, 0.4) is 0 Å². The minimum absolute atomic E-state index is 0.0642. The fourth-order valence-electron chi connectivity index (χ4n) is 5.03. The molecule has 1 aromatic heterocycles. The van der Waals surface area contributed by atoms with E-state index in [0.29, 0.717) is 68.5 Å². The highest BCUT2D eigenvalue weighted by Crippen LogP contribution is 2.49. The molecule has 3 aromatic rings. The number of nitriles is 1. The zero-order chi connectivity index (χ0) is 29.8. The van der Waals surface area contributed by atoms with Crippen LogP contribution < -0.4 is 30.2 Å². The lowest BCUT2D eigenvalue weighted by Gasteiger charge is -2.38. The molecule has 216 valence electrons. The second-order valence-electron chi connectivity index (χ2n) is 9.34. The molecule has 0 spiro atoms. The number of thioether (sulfide) groups is 1. The van der Waals surface area contributed by atoms with Crippen molar-refractivity contribution in [1.82, 2.24) is 10.2 Å². The van der Waals surface area contributed by atoms with E-state index in [-0.39, 0.29) is 28.8 Å². The number of Topliss-reactive ketones (excluding diaryl/α,β-unsaturated/α-hetero) is 1. The summed E-state index contributed by atoms with van der Waals surface area (Å²) < 4.78 is 16.7. The number of hydrogen-bond donors (Lipinski definition) is 2. The molecule has 1 unspecified atom stereocenters. The highest BCUT2D eigenvalue weighted by Gasteiger charge is 2.42. The number of nitrogens with two attached hydrogens (primary N) is 1. The number of benzene rings is 2. The molecule has 0 radical (unpaired) electrons. The minimum Gasteiger partial charge on any atom is -0.497 e. The Hall–Kier alpha value is -4.54. The van der Waals surface area contributed by atoms with E-state index in [4.69, 9.17) is 19.9 Å². The van der Waals surface area contributed by atoms with Gasteiger partial charge in [0.1, 0.15) is 23.1 Å². The number of amides is 1. The number of carbonyl (C=O) groups is 2. The molecule has 1 aliphatic carbocycles. The summed E-state index contributed by atoms with van der Waals surface area (Å²) in [5.41, 5.74) is 9.32. The second-order valence-corrected chi connectivity index (χ2v) is 11.5. The standard InChI is InChI=1S/C29H28N6O5S2/c1-38-17-9-7-16(8-10-17)32-24(37)15-41-29-34-33-28(42-29)35-21-5-4-6-22(36)26(21)25(20(14-30)27(35)31)19-13-18(39-2)11-12-23(19)40-3/h7-13,25H,4-6,15,31H2,1-3H3,(H,32,37). The third-order valence-electron chi connectivity index (χ3n) is 6.95. The molecular weight excluding hydrogens is 576 g/mol. The van der Waals surface area contributed by atoms with E-state index in [0.717, 1.165) is 0 Å². The highest BCUT2D eigenvalue weighted by molar-refractivity contribution is 8.01. The van der Waals surface area contributed by atoms with Crippen molar-refractivity contribution in [2.45, 2.75) is 29.5 Å². The predicted molar refractivity (Wildman–Crippen MR) is 160 cm³/mol. The van der Waals surface area contributed by atoms with Gasteiger partial charge in [0.05, 0.1) is 44.6 Å². The lowest BCUT2D eigenvalue weighted by Crippen LogP contribution is -2.38. The van der Waals surface area contributed by atoms with Gasteiger partial charge in [-0.2, -0.15) is 5.26 Å². The molecular formula is C29H28N6O5S2. The van der Waals surface area contributed by atoms with E-state index in [2.05, 4.69) is 21.6 Å². The summed E-state index contributed by atoms with van der Waals surface area (Å²) in [7, 11) is 4.66. The number of nitrogens with one attached hydrogen (secondary N) is 1. The van der Waals surface area contributed by atoms with E-state index < -0.39 is 5.92 Å². The molecule has 0 saturated heterocycles. The number of aromatic nitrogens is 2. The summed E-state index contributed by atoms with van der Waals surface area (Å²) in [4.78, 5) is 27.7. The van der Waals surface area contributed by atoms with Gasteiger partial charge in [0.15, 0.2) is 10.1 Å². The van der Waals surface area contributed by atoms with Crippen LogP contribution in [-0.2, 0) is 9.59 Å². The summed E-state index contributed by atoms with van der Waals surface area (Å²) in [5.74, 6) is 1.07. The zero-order valence-electron chi connectivity index (χ0n) is 23.2. The summed E-state index contributed by atoms with van der Waals surface area (Å²) in [6.45, 7) is 0. The van der Waals surface area contributed by atoms with Crippen molar-refractivity contribution >= 4 is 45.6 Å². The summed E-state index contributed by atoms with van der Waals surface area (Å²) in [6, 6.07) is 14.6. The Morgan fingerprint density at radius 3 is 2.55 bits per heavy atom. The third-order valence-corrected chi connectivity index (χ3v) is 8.99. The van der Waals surface area contributed by atoms with Gasteiger partial charge in [-0.05, 0) is 55.3 Å². The summed E-state index contributed by atoms with van der Waals surface area (Å²) in [5, 5.41) is 22.1. The van der Waals surface area contributed by atoms with Gasteiger partial charge in [-0.15, -0.1) is 10.2 Å². The number of allylic oxidation sites excluding steroid dienone is 3. The lowest BCUT2D eigenvalue weighted by molar-refractivity contribution is -0.116. The van der Waals surface area contributed by atoms with Gasteiger partial charge in [-0.25, -0.2) is 0 Å². The maximum atomic E-state index is 13.5. The molecule has 1 aliphatic heterocycles. The first-order chi connectivity index (χ1) is 20.4. The quantitative estimate of drug-likeness (QED) is 0.330. The molecule has 0 bridgehead atoms. The van der Waals surface area contributed by atoms with Crippen LogP contribution in [0.25, 0.3) is 0 Å². The van der Waals surface area contributed by atoms with E-state index in [1.807, 2.05) is 0 Å². The van der Waals surface area contributed by atoms with E-state index in [1.54, 1.807) is 61.6 Å². The van der Waals surface area contributed by atoms with Crippen LogP contribution in [0, 0.1) is 11.3 Å². The Morgan fingerprint density at radius 1 is 1.12 bits per heavy atom. The number of methoxy groups -OCH3 is 3. The third kappa shape index (κ3) is 5.63. The van der Waals surface area contributed by atoms with Crippen molar-refractivity contribution in [1.29, 1.82) is 5.26 Å². The number of anilines is 2. The molecule has 3 N–H and O–H groups in total. The molecule has 2 aliphatic rings. The molecule has 5 rings (SSSR count). The molecule has 0 saturated carbocycles. The smallest absolute Gasteiger partial charge is 0.234 e. The Morgan fingerprint density at radius 2 is 1.86 bits per heavy atom. The molecule has 0 fully saturated rings. The van der Waals surface area contributed by atoms with Gasteiger partial charge in [-0.1, -0.05) is 23.1 Å². The topological polar surface area (TPSA) is 153 Å². The van der Waals surface area contributed by atoms with Crippen LogP contribution in [0.2, 0.25) is 0 Å². The largest absolute Gasteiger partial charge is 0.497 e. The number of ether oxygens (including phenoxy) is 3. The van der Waals surface area contributed by atoms with Gasteiger partial charge in [0, 0.05) is 28.9 Å². The summed E-state index contributed by atoms with van der Waals surface area (Å²) >= 11 is 2.46. The zero-order valence-corrected chi connectivity index (χ0v) is 24.8. The van der Waals surface area contributed by atoms with Crippen molar-refractivity contribution in [2.75, 3.05) is 37.3 Å². The second kappa shape index (κ2) is 12.5.